The Balaban J connectivity index is 1.19. The Labute approximate surface area is 211 Å². The first-order chi connectivity index (χ1) is 16.9. The summed E-state index contributed by atoms with van der Waals surface area (Å²) in [6, 6.07) is 12.8. The summed E-state index contributed by atoms with van der Waals surface area (Å²) in [7, 11) is 1.51. The number of ether oxygens (including phenoxy) is 1. The molecule has 3 amide bonds. The highest BCUT2D eigenvalue weighted by molar-refractivity contribution is 6.33. The number of piperidine rings is 2. The number of anilines is 2. The quantitative estimate of drug-likeness (QED) is 0.520. The predicted octanol–water partition coefficient (Wildman–Crippen LogP) is 4.07. The molecule has 2 aliphatic heterocycles. The van der Waals surface area contributed by atoms with Gasteiger partial charge in [0.15, 0.2) is 0 Å². The fraction of sp³-hybridized carbons (Fsp3) is 0.462. The number of nitrogen functional groups attached to an aromatic ring is 1. The van der Waals surface area contributed by atoms with Crippen LogP contribution in [0.2, 0.25) is 5.02 Å². The minimum absolute atomic E-state index is 0.0229. The molecule has 9 heteroatoms. The zero-order valence-corrected chi connectivity index (χ0v) is 20.9. The van der Waals surface area contributed by atoms with Crippen molar-refractivity contribution < 1.29 is 14.3 Å². The lowest BCUT2D eigenvalue weighted by Gasteiger charge is -2.37. The van der Waals surface area contributed by atoms with Crippen LogP contribution >= 0.6 is 11.6 Å². The maximum Gasteiger partial charge on any atom is 0.321 e. The second kappa shape index (κ2) is 11.6. The number of carbonyl (C=O) groups excluding carboxylic acids is 2. The normalized spacial score (nSPS) is 17.7. The fourth-order valence-electron chi connectivity index (χ4n) is 4.85. The van der Waals surface area contributed by atoms with Gasteiger partial charge in [0.2, 0.25) is 0 Å². The topological polar surface area (TPSA) is 99.9 Å². The molecule has 0 saturated carbocycles. The first-order valence-electron chi connectivity index (χ1n) is 12.2. The van der Waals surface area contributed by atoms with Crippen molar-refractivity contribution in [1.82, 2.24) is 15.1 Å². The van der Waals surface area contributed by atoms with Gasteiger partial charge in [0.1, 0.15) is 5.75 Å². The predicted molar refractivity (Wildman–Crippen MR) is 139 cm³/mol. The summed E-state index contributed by atoms with van der Waals surface area (Å²) >= 11 is 6.11. The van der Waals surface area contributed by atoms with Crippen molar-refractivity contribution in [3.8, 4) is 5.75 Å². The molecule has 0 aromatic heterocycles. The number of amides is 3. The van der Waals surface area contributed by atoms with E-state index in [0.717, 1.165) is 64.1 Å². The minimum Gasteiger partial charge on any atom is -0.496 e. The Bertz CT molecular complexity index is 1020. The van der Waals surface area contributed by atoms with Crippen LogP contribution in [0.3, 0.4) is 0 Å². The van der Waals surface area contributed by atoms with E-state index in [0.29, 0.717) is 27.9 Å². The number of nitrogens with two attached hydrogens (primary N) is 1. The number of hydrogen-bond acceptors (Lipinski definition) is 5. The van der Waals surface area contributed by atoms with E-state index in [4.69, 9.17) is 22.1 Å². The van der Waals surface area contributed by atoms with Crippen molar-refractivity contribution in [1.29, 1.82) is 0 Å². The van der Waals surface area contributed by atoms with Crippen LogP contribution < -0.4 is 21.1 Å². The summed E-state index contributed by atoms with van der Waals surface area (Å²) in [5.74, 6) is 0.817. The third-order valence-electron chi connectivity index (χ3n) is 6.93. The van der Waals surface area contributed by atoms with Crippen LogP contribution in [0.15, 0.2) is 42.5 Å². The average Bonchev–Trinajstić information content (AvgIpc) is 2.87. The van der Waals surface area contributed by atoms with E-state index in [-0.39, 0.29) is 18.0 Å². The summed E-state index contributed by atoms with van der Waals surface area (Å²) in [4.78, 5) is 29.7. The van der Waals surface area contributed by atoms with E-state index in [9.17, 15) is 9.59 Å². The fourth-order valence-corrected chi connectivity index (χ4v) is 5.01. The first kappa shape index (κ1) is 25.1. The molecule has 35 heavy (non-hydrogen) atoms. The van der Waals surface area contributed by atoms with Crippen LogP contribution in [0.1, 0.15) is 36.0 Å². The number of nitrogens with one attached hydrogen (secondary N) is 2. The molecule has 4 N–H and O–H groups in total. The molecule has 0 atom stereocenters. The lowest BCUT2D eigenvalue weighted by Crippen LogP contribution is -2.47. The van der Waals surface area contributed by atoms with Crippen molar-refractivity contribution in [3.05, 3.63) is 53.1 Å². The standard InChI is InChI=1S/C26H34ClN5O3/c1-35-24-16-23(28)22(27)15-21(24)25(33)29-20-9-11-31(12-10-20)17-18-7-13-32(14-8-18)26(34)30-19-5-3-2-4-6-19/h2-6,15-16,18,20H,7-14,17,28H2,1H3,(H,29,33)(H,30,34). The number of para-hydroxylation sites is 1. The zero-order valence-electron chi connectivity index (χ0n) is 20.1. The molecule has 2 fully saturated rings. The Morgan fingerprint density at radius 1 is 1.06 bits per heavy atom. The number of likely N-dealkylation sites (tertiary alicyclic amines) is 2. The highest BCUT2D eigenvalue weighted by Crippen LogP contribution is 2.29. The number of nitrogens with zero attached hydrogens (tertiary/aromatic N) is 2. The summed E-state index contributed by atoms with van der Waals surface area (Å²) in [5, 5.41) is 6.44. The molecular weight excluding hydrogens is 466 g/mol. The lowest BCUT2D eigenvalue weighted by atomic mass is 9.95. The molecule has 4 rings (SSSR count). The molecule has 0 aliphatic carbocycles. The second-order valence-electron chi connectivity index (χ2n) is 9.35. The van der Waals surface area contributed by atoms with Crippen LogP contribution in [0.25, 0.3) is 0 Å². The van der Waals surface area contributed by atoms with Crippen molar-refractivity contribution in [2.45, 2.75) is 31.7 Å². The highest BCUT2D eigenvalue weighted by Gasteiger charge is 2.27. The molecule has 0 spiro atoms. The van der Waals surface area contributed by atoms with Gasteiger partial charge < -0.3 is 30.9 Å². The van der Waals surface area contributed by atoms with Gasteiger partial charge in [0.05, 0.1) is 23.4 Å². The van der Waals surface area contributed by atoms with Gasteiger partial charge >= 0.3 is 6.03 Å². The smallest absolute Gasteiger partial charge is 0.321 e. The van der Waals surface area contributed by atoms with Crippen LogP contribution in [0.5, 0.6) is 5.75 Å². The number of rotatable bonds is 6. The van der Waals surface area contributed by atoms with Gasteiger partial charge in [0, 0.05) is 50.5 Å². The zero-order chi connectivity index (χ0) is 24.8. The largest absolute Gasteiger partial charge is 0.496 e. The maximum atomic E-state index is 12.8. The monoisotopic (exact) mass is 499 g/mol. The molecule has 0 radical (unpaired) electrons. The van der Waals surface area contributed by atoms with Gasteiger partial charge in [-0.25, -0.2) is 4.79 Å². The molecule has 2 aromatic carbocycles. The Morgan fingerprint density at radius 3 is 2.40 bits per heavy atom. The van der Waals surface area contributed by atoms with E-state index in [1.54, 1.807) is 12.1 Å². The number of methoxy groups -OCH3 is 1. The Kier molecular flexibility index (Phi) is 8.36. The Morgan fingerprint density at radius 2 is 1.74 bits per heavy atom. The number of urea groups is 1. The third-order valence-corrected chi connectivity index (χ3v) is 7.26. The van der Waals surface area contributed by atoms with Crippen molar-refractivity contribution in [2.75, 3.05) is 50.9 Å². The molecular formula is C26H34ClN5O3. The highest BCUT2D eigenvalue weighted by atomic mass is 35.5. The first-order valence-corrected chi connectivity index (χ1v) is 12.6. The van der Waals surface area contributed by atoms with E-state index in [1.165, 1.54) is 7.11 Å². The van der Waals surface area contributed by atoms with Crippen LogP contribution in [0, 0.1) is 5.92 Å². The molecule has 2 aliphatic rings. The molecule has 8 nitrogen and oxygen atoms in total. The van der Waals surface area contributed by atoms with Crippen LogP contribution in [-0.4, -0.2) is 67.6 Å². The number of halogens is 1. The summed E-state index contributed by atoms with van der Waals surface area (Å²) in [6.45, 7) is 4.48. The van der Waals surface area contributed by atoms with Gasteiger partial charge in [0.25, 0.3) is 5.91 Å². The maximum absolute atomic E-state index is 12.8. The van der Waals surface area contributed by atoms with E-state index >= 15 is 0 Å². The van der Waals surface area contributed by atoms with E-state index < -0.39 is 0 Å². The molecule has 2 heterocycles. The number of carbonyl (C=O) groups is 2. The summed E-state index contributed by atoms with van der Waals surface area (Å²) in [6.07, 6.45) is 3.82. The van der Waals surface area contributed by atoms with Crippen molar-refractivity contribution in [3.63, 3.8) is 0 Å². The average molecular weight is 500 g/mol. The van der Waals surface area contributed by atoms with Crippen molar-refractivity contribution in [2.24, 2.45) is 5.92 Å². The van der Waals surface area contributed by atoms with Gasteiger partial charge in [-0.15, -0.1) is 0 Å². The molecule has 2 saturated heterocycles. The molecule has 0 unspecified atom stereocenters. The molecule has 0 bridgehead atoms. The summed E-state index contributed by atoms with van der Waals surface area (Å²) < 4.78 is 5.31. The Hall–Kier alpha value is -2.97. The van der Waals surface area contributed by atoms with Crippen LogP contribution in [-0.2, 0) is 0 Å². The van der Waals surface area contributed by atoms with Crippen molar-refractivity contribution >= 4 is 34.9 Å². The number of benzene rings is 2. The molecule has 2 aromatic rings. The lowest BCUT2D eigenvalue weighted by molar-refractivity contribution is 0.0892. The SMILES string of the molecule is COc1cc(N)c(Cl)cc1C(=O)NC1CCN(CC2CCN(C(=O)Nc3ccccc3)CC2)CC1. The van der Waals surface area contributed by atoms with Gasteiger partial charge in [-0.3, -0.25) is 4.79 Å². The van der Waals surface area contributed by atoms with E-state index in [2.05, 4.69) is 15.5 Å². The second-order valence-corrected chi connectivity index (χ2v) is 9.76. The van der Waals surface area contributed by atoms with E-state index in [1.807, 2.05) is 35.2 Å². The molecule has 188 valence electrons. The third kappa shape index (κ3) is 6.58. The summed E-state index contributed by atoms with van der Waals surface area (Å²) in [5.41, 5.74) is 7.44. The van der Waals surface area contributed by atoms with Crippen LogP contribution in [0.4, 0.5) is 16.2 Å². The number of hydrogen-bond donors (Lipinski definition) is 3. The van der Waals surface area contributed by atoms with Gasteiger partial charge in [-0.05, 0) is 49.8 Å². The minimum atomic E-state index is -0.191. The van der Waals surface area contributed by atoms with Gasteiger partial charge in [-0.1, -0.05) is 29.8 Å². The van der Waals surface area contributed by atoms with Gasteiger partial charge in [-0.2, -0.15) is 0 Å².